The minimum absolute atomic E-state index is 0.103. The van der Waals surface area contributed by atoms with Crippen LogP contribution in [0.4, 0.5) is 0 Å². The van der Waals surface area contributed by atoms with Gasteiger partial charge in [-0.15, -0.1) is 0 Å². The van der Waals surface area contributed by atoms with E-state index in [2.05, 4.69) is 109 Å². The summed E-state index contributed by atoms with van der Waals surface area (Å²) < 4.78 is 47.6. The Labute approximate surface area is 629 Å². The largest absolute Gasteiger partial charge is 0.508 e. The van der Waals surface area contributed by atoms with E-state index in [1.165, 1.54) is 109 Å². The van der Waals surface area contributed by atoms with Crippen LogP contribution in [0.2, 0.25) is 0 Å². The first-order valence-electron chi connectivity index (χ1n) is 40.5. The molecule has 578 valence electrons. The highest BCUT2D eigenvalue weighted by atomic mass is 16.6. The van der Waals surface area contributed by atoms with E-state index in [1.807, 2.05) is 14.2 Å². The third kappa shape index (κ3) is 14.6. The Bertz CT molecular complexity index is 3730. The molecule has 19 atom stereocenters. The third-order valence-corrected chi connectivity index (χ3v) is 31.9. The van der Waals surface area contributed by atoms with E-state index in [-0.39, 0.29) is 99.1 Å². The summed E-state index contributed by atoms with van der Waals surface area (Å²) in [5.41, 5.74) is 5.83. The van der Waals surface area contributed by atoms with E-state index in [0.717, 1.165) is 51.4 Å². The van der Waals surface area contributed by atoms with E-state index >= 15 is 0 Å². The number of aliphatic hydroxyl groups excluding tert-OH is 2. The summed E-state index contributed by atoms with van der Waals surface area (Å²) in [5.74, 6) is 3.20. The van der Waals surface area contributed by atoms with Crippen molar-refractivity contribution in [3.8, 4) is 23.0 Å². The number of benzene rings is 2. The second-order valence-corrected chi connectivity index (χ2v) is 38.8. The summed E-state index contributed by atoms with van der Waals surface area (Å²) in [6, 6.07) is 9.93. The molecule has 0 radical (unpaired) electrons. The maximum atomic E-state index is 13.6. The zero-order valence-corrected chi connectivity index (χ0v) is 67.3. The lowest BCUT2D eigenvalue weighted by Gasteiger charge is -2.64. The van der Waals surface area contributed by atoms with Crippen LogP contribution in [0.25, 0.3) is 12.2 Å². The number of hydrogen-bond acceptors (Lipinski definition) is 14. The fourth-order valence-electron chi connectivity index (χ4n) is 26.7. The summed E-state index contributed by atoms with van der Waals surface area (Å²) in [6.07, 6.45) is 33.9. The third-order valence-electron chi connectivity index (χ3n) is 31.9. The lowest BCUT2D eigenvalue weighted by molar-refractivity contribution is -0.178. The van der Waals surface area contributed by atoms with Gasteiger partial charge in [-0.25, -0.2) is 0 Å². The Hall–Kier alpha value is -5.70. The number of hydrogen-bond donors (Lipinski definition) is 2. The fourth-order valence-corrected chi connectivity index (χ4v) is 26.7. The highest BCUT2D eigenvalue weighted by Gasteiger charge is 2.66. The quantitative estimate of drug-likeness (QED) is 0.0445. The molecule has 8 fully saturated rings. The Morgan fingerprint density at radius 2 is 0.819 bits per heavy atom. The van der Waals surface area contributed by atoms with Gasteiger partial charge in [0.2, 0.25) is 0 Å². The monoisotopic (exact) mass is 1450 g/mol. The van der Waals surface area contributed by atoms with Gasteiger partial charge in [0.25, 0.3) is 0 Å². The maximum Gasteiger partial charge on any atom is 0.311 e. The lowest BCUT2D eigenvalue weighted by atomic mass is 9.42. The number of rotatable bonds is 19. The van der Waals surface area contributed by atoms with Crippen LogP contribution in [0.3, 0.4) is 0 Å². The van der Waals surface area contributed by atoms with Gasteiger partial charge in [0, 0.05) is 25.0 Å². The predicted molar refractivity (Wildman–Crippen MR) is 412 cm³/mol. The SMILES string of the molecule is COc1cc(/C=C/C(O)=C/C(O)/C=C/c2ccc(OC(=O)CCC(=O)O[C@@H]3CC[C@@]4(C)[C@@H]5CC[C@H]6[C@@](C)(CC[C@@H]7C(C)(C)[C@@H](OC)CC[C@]76C)CC5=CC[C@@H]4C3(C)C)c(OC)c2)ccc1OC(=O)CCC(=O)O[C@@H]1CC[C@@]2(C)[C@@H]3CC[C@H]4[C@@](C)(CC[C@@H]5C(C)(C)[C@@H](OC)CC[C@]54C)CC3=CC[C@@H]2C1(C)C. The molecule has 14 heteroatoms. The van der Waals surface area contributed by atoms with Gasteiger partial charge in [-0.1, -0.05) is 151 Å². The molecule has 0 bridgehead atoms. The molecule has 1 unspecified atom stereocenters. The van der Waals surface area contributed by atoms with Crippen molar-refractivity contribution in [1.82, 2.24) is 0 Å². The number of carbonyl (C=O) groups is 4. The molecule has 2 aromatic rings. The first-order valence-corrected chi connectivity index (χ1v) is 40.5. The Morgan fingerprint density at radius 1 is 0.438 bits per heavy atom. The standard InChI is InChI=1S/C91H130O14/c1-82(2)70-39-45-86(9)54-58-23-31-68-84(5,6)76(43-47-88(68,11)62(58)27-33-72(86)90(70,13)49-41-74(82)100-17)104-80(96)37-35-78(94)102-64-29-21-56(51-66(64)98-15)19-25-60(92)53-61(93)26-20-57-22-30-65(67(52-57)99-16)103-79(95)36-38-81(97)105-77-44-48-89(12)63-28-34-73-87(10,55-59(63)24-32-69(89)85(77,7)8)46-40-71-83(3,4)75(101-18)42-50-91(71,73)14/h19-26,29-30,51-53,60,62-63,68-77,92-93H,27-28,31-50,54-55H2,1-18H3/b25-19+,26-20+,61-53-/t60?,62-,63-,68-,69-,70-,71-,72+,73+,74+,75+,76-,77-,86+,87+,88+,89+,90-,91-/m1/s1. The first-order chi connectivity index (χ1) is 49.4. The van der Waals surface area contributed by atoms with Crippen molar-refractivity contribution in [2.75, 3.05) is 28.4 Å². The normalized spacial score (nSPS) is 38.1. The van der Waals surface area contributed by atoms with Crippen LogP contribution in [0.1, 0.15) is 262 Å². The zero-order chi connectivity index (χ0) is 75.8. The van der Waals surface area contributed by atoms with Crippen LogP contribution in [0.15, 0.2) is 83.7 Å². The van der Waals surface area contributed by atoms with Gasteiger partial charge < -0.3 is 48.1 Å². The molecule has 14 nitrogen and oxygen atoms in total. The number of esters is 4. The average Bonchev–Trinajstić information content (AvgIpc) is 1.38. The number of carbonyl (C=O) groups excluding carboxylic acids is 4. The van der Waals surface area contributed by atoms with Crippen molar-refractivity contribution in [3.05, 3.63) is 94.8 Å². The number of aliphatic hydroxyl groups is 2. The number of methoxy groups -OCH3 is 4. The number of ether oxygens (including phenoxy) is 8. The number of allylic oxidation sites excluding steroid dienone is 5. The molecule has 0 saturated heterocycles. The molecule has 0 aliphatic heterocycles. The first kappa shape index (κ1) is 78.9. The molecule has 8 saturated carbocycles. The van der Waals surface area contributed by atoms with Gasteiger partial charge in [0.1, 0.15) is 18.0 Å². The van der Waals surface area contributed by atoms with E-state index in [4.69, 9.17) is 37.9 Å². The molecule has 10 aliphatic carbocycles. The van der Waals surface area contributed by atoms with E-state index in [0.29, 0.717) is 92.3 Å². The van der Waals surface area contributed by atoms with E-state index in [9.17, 15) is 29.4 Å². The molecule has 0 heterocycles. The van der Waals surface area contributed by atoms with Crippen molar-refractivity contribution in [3.63, 3.8) is 0 Å². The summed E-state index contributed by atoms with van der Waals surface area (Å²) in [5, 5.41) is 21.7. The van der Waals surface area contributed by atoms with Gasteiger partial charge in [-0.3, -0.25) is 19.2 Å². The van der Waals surface area contributed by atoms with Crippen molar-refractivity contribution in [2.45, 2.75) is 282 Å². The van der Waals surface area contributed by atoms with Crippen molar-refractivity contribution in [2.24, 2.45) is 101 Å². The van der Waals surface area contributed by atoms with E-state index < -0.39 is 30.0 Å². The summed E-state index contributed by atoms with van der Waals surface area (Å²) in [4.78, 5) is 53.9. The molecule has 10 aliphatic rings. The summed E-state index contributed by atoms with van der Waals surface area (Å²) in [7, 11) is 6.75. The summed E-state index contributed by atoms with van der Waals surface area (Å²) >= 11 is 0. The molecule has 2 N–H and O–H groups in total. The van der Waals surface area contributed by atoms with Gasteiger partial charge >= 0.3 is 23.9 Å². The smallest absolute Gasteiger partial charge is 0.311 e. The van der Waals surface area contributed by atoms with Crippen molar-refractivity contribution < 1.29 is 67.3 Å². The Kier molecular flexibility index (Phi) is 22.2. The minimum Gasteiger partial charge on any atom is -0.508 e. The Morgan fingerprint density at radius 3 is 1.23 bits per heavy atom. The molecule has 0 spiro atoms. The lowest BCUT2D eigenvalue weighted by Crippen LogP contribution is -2.58. The molecule has 0 amide bonds. The molecule has 12 rings (SSSR count). The molecule has 2 aromatic carbocycles. The predicted octanol–water partition coefficient (Wildman–Crippen LogP) is 20.3. The molecular weight excluding hydrogens is 1320 g/mol. The highest BCUT2D eigenvalue weighted by Crippen LogP contribution is 2.73. The van der Waals surface area contributed by atoms with E-state index in [1.54, 1.807) is 59.7 Å². The second kappa shape index (κ2) is 29.6. The van der Waals surface area contributed by atoms with Gasteiger partial charge in [-0.05, 0) is 267 Å². The van der Waals surface area contributed by atoms with Crippen molar-refractivity contribution >= 4 is 36.0 Å². The van der Waals surface area contributed by atoms with Crippen LogP contribution in [0.5, 0.6) is 23.0 Å². The topological polar surface area (TPSA) is 183 Å². The minimum atomic E-state index is -1.18. The maximum absolute atomic E-state index is 13.6. The molecular formula is C91H130O14. The van der Waals surface area contributed by atoms with Crippen LogP contribution in [-0.2, 0) is 38.1 Å². The van der Waals surface area contributed by atoms with Crippen LogP contribution < -0.4 is 18.9 Å². The molecule has 105 heavy (non-hydrogen) atoms. The van der Waals surface area contributed by atoms with Gasteiger partial charge in [0.05, 0.1) is 58.2 Å². The van der Waals surface area contributed by atoms with Crippen LogP contribution in [-0.4, -0.2) is 93.0 Å². The van der Waals surface area contributed by atoms with Gasteiger partial charge in [0.15, 0.2) is 23.0 Å². The van der Waals surface area contributed by atoms with Crippen LogP contribution >= 0.6 is 0 Å². The Balaban J connectivity index is 0.575. The summed E-state index contributed by atoms with van der Waals surface area (Å²) in [6.45, 7) is 34.7. The van der Waals surface area contributed by atoms with Crippen molar-refractivity contribution in [1.29, 1.82) is 0 Å². The second-order valence-electron chi connectivity index (χ2n) is 38.8. The number of fused-ring (bicyclic) bond motifs is 12. The molecule has 0 aromatic heterocycles. The van der Waals surface area contributed by atoms with Crippen LogP contribution in [0, 0.1) is 101 Å². The zero-order valence-electron chi connectivity index (χ0n) is 67.3. The highest BCUT2D eigenvalue weighted by molar-refractivity contribution is 5.80. The van der Waals surface area contributed by atoms with Gasteiger partial charge in [-0.2, -0.15) is 0 Å². The average molecular weight is 1450 g/mol. The fraction of sp³-hybridized carbons (Fsp3) is 0.714.